The maximum Gasteiger partial charge on any atom is 0.125 e. The predicted octanol–water partition coefficient (Wildman–Crippen LogP) is 3.91. The average molecular weight is 391 g/mol. The third-order valence-corrected chi connectivity index (χ3v) is 4.67. The monoisotopic (exact) mass is 390 g/mol. The first kappa shape index (κ1) is 13.6. The fourth-order valence-corrected chi connectivity index (χ4v) is 3.54. The molecule has 0 saturated carbocycles. The molecular weight excluding hydrogens is 375 g/mol. The maximum absolute atomic E-state index is 6.10. The summed E-state index contributed by atoms with van der Waals surface area (Å²) >= 11 is 8.41. The van der Waals surface area contributed by atoms with E-state index in [2.05, 4.69) is 57.3 Å². The molecule has 1 aliphatic rings. The molecule has 1 unspecified atom stereocenters. The van der Waals surface area contributed by atoms with Gasteiger partial charge in [0.2, 0.25) is 0 Å². The number of aromatic nitrogens is 2. The molecule has 3 rings (SSSR count). The van der Waals surface area contributed by atoms with E-state index in [0.29, 0.717) is 5.88 Å². The van der Waals surface area contributed by atoms with Gasteiger partial charge >= 0.3 is 0 Å². The SMILES string of the molecule is CC1(n2c(CCl)nc3cc(I)ccc32)CCCOC1. The minimum Gasteiger partial charge on any atom is -0.379 e. The van der Waals surface area contributed by atoms with Gasteiger partial charge in [0.1, 0.15) is 5.82 Å². The molecule has 0 spiro atoms. The standard InChI is InChI=1S/C14H16ClIN2O/c1-14(5-2-6-19-9-14)18-12-4-3-10(16)7-11(12)17-13(18)8-15/h3-4,7H,2,5-6,8-9H2,1H3. The van der Waals surface area contributed by atoms with E-state index in [0.717, 1.165) is 42.9 Å². The fourth-order valence-electron chi connectivity index (χ4n) is 2.89. The van der Waals surface area contributed by atoms with E-state index in [1.165, 1.54) is 3.57 Å². The van der Waals surface area contributed by atoms with Gasteiger partial charge in [-0.3, -0.25) is 0 Å². The van der Waals surface area contributed by atoms with Crippen LogP contribution in [0.15, 0.2) is 18.2 Å². The van der Waals surface area contributed by atoms with Crippen LogP contribution in [0.2, 0.25) is 0 Å². The number of fused-ring (bicyclic) bond motifs is 1. The van der Waals surface area contributed by atoms with Gasteiger partial charge in [0.25, 0.3) is 0 Å². The molecule has 1 atom stereocenters. The quantitative estimate of drug-likeness (QED) is 0.574. The van der Waals surface area contributed by atoms with Gasteiger partial charge in [-0.05, 0) is 60.6 Å². The van der Waals surface area contributed by atoms with Gasteiger partial charge in [-0.2, -0.15) is 0 Å². The molecule has 0 radical (unpaired) electrons. The Labute approximate surface area is 131 Å². The largest absolute Gasteiger partial charge is 0.379 e. The lowest BCUT2D eigenvalue weighted by Crippen LogP contribution is -2.39. The van der Waals surface area contributed by atoms with E-state index >= 15 is 0 Å². The first-order valence-corrected chi connectivity index (χ1v) is 8.06. The average Bonchev–Trinajstić information content (AvgIpc) is 2.77. The van der Waals surface area contributed by atoms with Crippen LogP contribution in [0.25, 0.3) is 11.0 Å². The Bertz CT molecular complexity index is 605. The van der Waals surface area contributed by atoms with Gasteiger partial charge in [-0.25, -0.2) is 4.98 Å². The second-order valence-corrected chi connectivity index (χ2v) is 6.80. The van der Waals surface area contributed by atoms with Crippen molar-refractivity contribution < 1.29 is 4.74 Å². The summed E-state index contributed by atoms with van der Waals surface area (Å²) in [5.74, 6) is 1.37. The highest BCUT2D eigenvalue weighted by Gasteiger charge is 2.33. The number of imidazole rings is 1. The first-order valence-electron chi connectivity index (χ1n) is 6.45. The molecule has 0 amide bonds. The molecule has 19 heavy (non-hydrogen) atoms. The summed E-state index contributed by atoms with van der Waals surface area (Å²) in [7, 11) is 0. The third-order valence-electron chi connectivity index (χ3n) is 3.76. The van der Waals surface area contributed by atoms with Crippen LogP contribution in [0.5, 0.6) is 0 Å². The van der Waals surface area contributed by atoms with E-state index < -0.39 is 0 Å². The molecule has 1 fully saturated rings. The zero-order valence-electron chi connectivity index (χ0n) is 10.8. The van der Waals surface area contributed by atoms with Gasteiger partial charge in [-0.1, -0.05) is 0 Å². The molecule has 0 aliphatic carbocycles. The van der Waals surface area contributed by atoms with Crippen molar-refractivity contribution in [1.29, 1.82) is 0 Å². The number of halogens is 2. The number of rotatable bonds is 2. The van der Waals surface area contributed by atoms with Crippen molar-refractivity contribution in [3.8, 4) is 0 Å². The number of ether oxygens (including phenoxy) is 1. The molecule has 102 valence electrons. The van der Waals surface area contributed by atoms with Crippen molar-refractivity contribution in [3.05, 3.63) is 27.6 Å². The highest BCUT2D eigenvalue weighted by atomic mass is 127. The van der Waals surface area contributed by atoms with Crippen molar-refractivity contribution in [1.82, 2.24) is 9.55 Å². The zero-order valence-corrected chi connectivity index (χ0v) is 13.7. The Morgan fingerprint density at radius 1 is 1.53 bits per heavy atom. The third kappa shape index (κ3) is 2.38. The van der Waals surface area contributed by atoms with Crippen LogP contribution in [0.3, 0.4) is 0 Å². The molecule has 3 nitrogen and oxygen atoms in total. The number of alkyl halides is 1. The Balaban J connectivity index is 2.20. The van der Waals surface area contributed by atoms with E-state index in [4.69, 9.17) is 16.3 Å². The van der Waals surface area contributed by atoms with Crippen LogP contribution in [0.4, 0.5) is 0 Å². The minimum absolute atomic E-state index is 0.0377. The summed E-state index contributed by atoms with van der Waals surface area (Å²) in [6.45, 7) is 3.83. The van der Waals surface area contributed by atoms with Crippen molar-refractivity contribution in [2.45, 2.75) is 31.2 Å². The second-order valence-electron chi connectivity index (χ2n) is 5.28. The van der Waals surface area contributed by atoms with Gasteiger partial charge in [-0.15, -0.1) is 11.6 Å². The minimum atomic E-state index is -0.0377. The summed E-state index contributed by atoms with van der Waals surface area (Å²) in [5, 5.41) is 0. The van der Waals surface area contributed by atoms with Crippen LogP contribution >= 0.6 is 34.2 Å². The normalized spacial score (nSPS) is 23.9. The van der Waals surface area contributed by atoms with Gasteiger partial charge in [0.15, 0.2) is 0 Å². The van der Waals surface area contributed by atoms with Crippen molar-refractivity contribution in [2.75, 3.05) is 13.2 Å². The Hall–Kier alpha value is -0.330. The first-order chi connectivity index (χ1) is 9.14. The van der Waals surface area contributed by atoms with Crippen molar-refractivity contribution >= 4 is 45.2 Å². The van der Waals surface area contributed by atoms with Gasteiger partial charge < -0.3 is 9.30 Å². The highest BCUT2D eigenvalue weighted by Crippen LogP contribution is 2.33. The maximum atomic E-state index is 6.10. The van der Waals surface area contributed by atoms with Crippen LogP contribution in [0, 0.1) is 3.57 Å². The van der Waals surface area contributed by atoms with E-state index in [9.17, 15) is 0 Å². The van der Waals surface area contributed by atoms with Gasteiger partial charge in [0, 0.05) is 10.2 Å². The lowest BCUT2D eigenvalue weighted by atomic mass is 9.94. The summed E-state index contributed by atoms with van der Waals surface area (Å²) in [6, 6.07) is 6.36. The van der Waals surface area contributed by atoms with E-state index in [1.54, 1.807) is 0 Å². The topological polar surface area (TPSA) is 27.1 Å². The highest BCUT2D eigenvalue weighted by molar-refractivity contribution is 14.1. The Morgan fingerprint density at radius 3 is 3.05 bits per heavy atom. The van der Waals surface area contributed by atoms with Crippen LogP contribution in [-0.2, 0) is 16.2 Å². The van der Waals surface area contributed by atoms with Gasteiger partial charge in [0.05, 0.1) is 29.1 Å². The molecular formula is C14H16ClIN2O. The zero-order chi connectivity index (χ0) is 13.5. The summed E-state index contributed by atoms with van der Waals surface area (Å²) < 4.78 is 9.17. The van der Waals surface area contributed by atoms with Crippen LogP contribution < -0.4 is 0 Å². The predicted molar refractivity (Wildman–Crippen MR) is 85.7 cm³/mol. The number of nitrogens with zero attached hydrogens (tertiary/aromatic N) is 2. The van der Waals surface area contributed by atoms with E-state index in [1.807, 2.05) is 0 Å². The lowest BCUT2D eigenvalue weighted by molar-refractivity contribution is 0.0104. The van der Waals surface area contributed by atoms with E-state index in [-0.39, 0.29) is 5.54 Å². The smallest absolute Gasteiger partial charge is 0.125 e. The molecule has 1 aliphatic heterocycles. The van der Waals surface area contributed by atoms with Crippen molar-refractivity contribution in [3.63, 3.8) is 0 Å². The van der Waals surface area contributed by atoms with Crippen molar-refractivity contribution in [2.24, 2.45) is 0 Å². The molecule has 1 saturated heterocycles. The van der Waals surface area contributed by atoms with Crippen LogP contribution in [0.1, 0.15) is 25.6 Å². The number of hydrogen-bond donors (Lipinski definition) is 0. The lowest BCUT2D eigenvalue weighted by Gasteiger charge is -2.36. The molecule has 0 bridgehead atoms. The molecule has 2 aromatic rings. The molecule has 1 aromatic heterocycles. The molecule has 5 heteroatoms. The van der Waals surface area contributed by atoms with Crippen LogP contribution in [-0.4, -0.2) is 22.8 Å². The number of hydrogen-bond acceptors (Lipinski definition) is 2. The second kappa shape index (κ2) is 5.22. The fraction of sp³-hybridized carbons (Fsp3) is 0.500. The Morgan fingerprint density at radius 2 is 2.37 bits per heavy atom. The number of benzene rings is 1. The summed E-state index contributed by atoms with van der Waals surface area (Å²) in [6.07, 6.45) is 2.19. The molecule has 2 heterocycles. The molecule has 0 N–H and O–H groups in total. The Kier molecular flexibility index (Phi) is 3.75. The summed E-state index contributed by atoms with van der Waals surface area (Å²) in [4.78, 5) is 4.68. The summed E-state index contributed by atoms with van der Waals surface area (Å²) in [5.41, 5.74) is 2.14. The molecule has 1 aromatic carbocycles.